The predicted molar refractivity (Wildman–Crippen MR) is 103 cm³/mol. The van der Waals surface area contributed by atoms with Gasteiger partial charge in [-0.1, -0.05) is 30.0 Å². The second-order valence-corrected chi connectivity index (χ2v) is 7.51. The molecular weight excluding hydrogens is 370 g/mol. The number of H-pyrrole nitrogens is 1. The molecule has 2 N–H and O–H groups in total. The Hall–Kier alpha value is -2.39. The number of hydrogen-bond acceptors (Lipinski definition) is 7. The summed E-state index contributed by atoms with van der Waals surface area (Å²) in [5, 5.41) is 12.7. The van der Waals surface area contributed by atoms with Gasteiger partial charge in [0.1, 0.15) is 12.4 Å². The molecule has 0 atom stereocenters. The molecule has 0 radical (unpaired) electrons. The summed E-state index contributed by atoms with van der Waals surface area (Å²) < 4.78 is 5.84. The van der Waals surface area contributed by atoms with Crippen molar-refractivity contribution in [2.24, 2.45) is 0 Å². The van der Waals surface area contributed by atoms with E-state index >= 15 is 0 Å². The van der Waals surface area contributed by atoms with Crippen LogP contribution in [0, 0.1) is 20.8 Å². The first kappa shape index (κ1) is 18.4. The van der Waals surface area contributed by atoms with Crippen molar-refractivity contribution in [3.05, 3.63) is 46.2 Å². The van der Waals surface area contributed by atoms with E-state index in [4.69, 9.17) is 4.74 Å². The molecule has 3 aromatic rings. The normalized spacial score (nSPS) is 10.7. The topological polar surface area (TPSA) is 92.8 Å². The monoisotopic (exact) mass is 389 g/mol. The summed E-state index contributed by atoms with van der Waals surface area (Å²) in [5.41, 5.74) is 3.04. The summed E-state index contributed by atoms with van der Waals surface area (Å²) in [5.74, 6) is 1.55. The van der Waals surface area contributed by atoms with Crippen molar-refractivity contribution in [1.29, 1.82) is 0 Å². The fourth-order valence-electron chi connectivity index (χ4n) is 2.27. The first-order chi connectivity index (χ1) is 12.5. The number of aromatic nitrogens is 4. The van der Waals surface area contributed by atoms with E-state index in [1.54, 1.807) is 0 Å². The lowest BCUT2D eigenvalue weighted by Gasteiger charge is -2.10. The van der Waals surface area contributed by atoms with Crippen LogP contribution in [0.4, 0.5) is 5.13 Å². The van der Waals surface area contributed by atoms with Crippen molar-refractivity contribution in [1.82, 2.24) is 20.2 Å². The van der Waals surface area contributed by atoms with Crippen molar-refractivity contribution in [3.63, 3.8) is 0 Å². The Balaban J connectivity index is 1.49. The maximum absolute atomic E-state index is 11.9. The van der Waals surface area contributed by atoms with Crippen LogP contribution in [-0.2, 0) is 11.4 Å². The highest BCUT2D eigenvalue weighted by Crippen LogP contribution is 2.23. The van der Waals surface area contributed by atoms with Crippen molar-refractivity contribution >= 4 is 34.1 Å². The van der Waals surface area contributed by atoms with Crippen LogP contribution in [0.1, 0.15) is 22.6 Å². The maximum atomic E-state index is 11.9. The highest BCUT2D eigenvalue weighted by atomic mass is 32.2. The van der Waals surface area contributed by atoms with Crippen molar-refractivity contribution in [3.8, 4) is 5.75 Å². The van der Waals surface area contributed by atoms with Gasteiger partial charge >= 0.3 is 0 Å². The fourth-order valence-corrected chi connectivity index (χ4v) is 3.59. The molecule has 0 fully saturated rings. The number of carbonyl (C=O) groups excluding carboxylic acids is 1. The van der Waals surface area contributed by atoms with Crippen LogP contribution in [0.5, 0.6) is 5.75 Å². The Kier molecular flexibility index (Phi) is 5.89. The van der Waals surface area contributed by atoms with Gasteiger partial charge in [-0.05, 0) is 31.9 Å². The molecule has 9 heteroatoms. The lowest BCUT2D eigenvalue weighted by molar-refractivity contribution is -0.113. The quantitative estimate of drug-likeness (QED) is 0.601. The van der Waals surface area contributed by atoms with E-state index in [0.29, 0.717) is 22.7 Å². The summed E-state index contributed by atoms with van der Waals surface area (Å²) in [4.78, 5) is 20.5. The molecule has 0 aliphatic heterocycles. The second kappa shape index (κ2) is 8.33. The third kappa shape index (κ3) is 4.83. The molecule has 3 rings (SSSR count). The number of thioether (sulfide) groups is 1. The minimum Gasteiger partial charge on any atom is -0.485 e. The van der Waals surface area contributed by atoms with E-state index in [1.165, 1.54) is 23.1 Å². The third-order valence-electron chi connectivity index (χ3n) is 3.47. The minimum atomic E-state index is -0.137. The van der Waals surface area contributed by atoms with Crippen molar-refractivity contribution < 1.29 is 9.53 Å². The van der Waals surface area contributed by atoms with Gasteiger partial charge in [0.25, 0.3) is 0 Å². The van der Waals surface area contributed by atoms with Gasteiger partial charge < -0.3 is 10.1 Å². The molecule has 0 bridgehead atoms. The summed E-state index contributed by atoms with van der Waals surface area (Å²) in [6, 6.07) is 6.01. The average molecular weight is 390 g/mol. The standard InChI is InChI=1S/C17H19N5O2S2/c1-10-5-4-6-11(2)15(10)24-7-13-19-17(22-21-13)26-9-14(23)20-16-18-12(3)8-25-16/h4-6,8H,7,9H2,1-3H3,(H,18,20,23)(H,19,21,22). The molecule has 2 heterocycles. The zero-order valence-electron chi connectivity index (χ0n) is 14.7. The van der Waals surface area contributed by atoms with Crippen molar-refractivity contribution in [2.75, 3.05) is 11.1 Å². The number of aromatic amines is 1. The van der Waals surface area contributed by atoms with E-state index in [-0.39, 0.29) is 11.7 Å². The Bertz CT molecular complexity index is 886. The highest BCUT2D eigenvalue weighted by Gasteiger charge is 2.11. The molecule has 0 aliphatic rings. The van der Waals surface area contributed by atoms with Crippen LogP contribution in [0.3, 0.4) is 0 Å². The van der Waals surface area contributed by atoms with E-state index in [0.717, 1.165) is 22.6 Å². The predicted octanol–water partition coefficient (Wildman–Crippen LogP) is 3.50. The molecule has 0 saturated heterocycles. The maximum Gasteiger partial charge on any atom is 0.236 e. The minimum absolute atomic E-state index is 0.137. The smallest absolute Gasteiger partial charge is 0.236 e. The van der Waals surface area contributed by atoms with E-state index in [2.05, 4.69) is 25.5 Å². The summed E-state index contributed by atoms with van der Waals surface area (Å²) in [6.45, 7) is 6.19. The van der Waals surface area contributed by atoms with Crippen LogP contribution in [0.2, 0.25) is 0 Å². The largest absolute Gasteiger partial charge is 0.485 e. The van der Waals surface area contributed by atoms with Gasteiger partial charge in [-0.25, -0.2) is 9.97 Å². The first-order valence-electron chi connectivity index (χ1n) is 7.96. The number of anilines is 1. The van der Waals surface area contributed by atoms with Gasteiger partial charge in [0.15, 0.2) is 11.0 Å². The number of thiazole rings is 1. The molecule has 0 unspecified atom stereocenters. The number of aryl methyl sites for hydroxylation is 3. The van der Waals surface area contributed by atoms with Gasteiger partial charge in [-0.3, -0.25) is 9.89 Å². The summed E-state index contributed by atoms with van der Waals surface area (Å²) in [6.07, 6.45) is 0. The van der Waals surface area contributed by atoms with Crippen LogP contribution in [-0.4, -0.2) is 31.8 Å². The molecule has 136 valence electrons. The Labute approximate surface area is 159 Å². The number of nitrogens with one attached hydrogen (secondary N) is 2. The lowest BCUT2D eigenvalue weighted by Crippen LogP contribution is -2.13. The number of ether oxygens (including phenoxy) is 1. The van der Waals surface area contributed by atoms with E-state index in [1.807, 2.05) is 44.4 Å². The summed E-state index contributed by atoms with van der Waals surface area (Å²) >= 11 is 2.66. The summed E-state index contributed by atoms with van der Waals surface area (Å²) in [7, 11) is 0. The third-order valence-corrected chi connectivity index (χ3v) is 5.19. The molecule has 26 heavy (non-hydrogen) atoms. The Morgan fingerprint density at radius 2 is 2.04 bits per heavy atom. The zero-order valence-corrected chi connectivity index (χ0v) is 16.3. The van der Waals surface area contributed by atoms with Gasteiger partial charge in [0.05, 0.1) is 11.4 Å². The van der Waals surface area contributed by atoms with Gasteiger partial charge in [0.2, 0.25) is 11.1 Å². The highest BCUT2D eigenvalue weighted by molar-refractivity contribution is 7.99. The van der Waals surface area contributed by atoms with Crippen LogP contribution >= 0.6 is 23.1 Å². The lowest BCUT2D eigenvalue weighted by atomic mass is 10.1. The molecule has 1 aromatic carbocycles. The van der Waals surface area contributed by atoms with E-state index in [9.17, 15) is 4.79 Å². The van der Waals surface area contributed by atoms with Crippen LogP contribution in [0.25, 0.3) is 0 Å². The Morgan fingerprint density at radius 3 is 2.73 bits per heavy atom. The van der Waals surface area contributed by atoms with Crippen LogP contribution < -0.4 is 10.1 Å². The number of carbonyl (C=O) groups is 1. The number of nitrogens with zero attached hydrogens (tertiary/aromatic N) is 3. The zero-order chi connectivity index (χ0) is 18.5. The molecule has 0 saturated carbocycles. The number of amides is 1. The second-order valence-electron chi connectivity index (χ2n) is 5.71. The molecular formula is C17H19N5O2S2. The van der Waals surface area contributed by atoms with Gasteiger partial charge in [-0.15, -0.1) is 16.4 Å². The molecule has 2 aromatic heterocycles. The average Bonchev–Trinajstić information content (AvgIpc) is 3.21. The number of hydrogen-bond donors (Lipinski definition) is 2. The van der Waals surface area contributed by atoms with Crippen molar-refractivity contribution in [2.45, 2.75) is 32.5 Å². The molecule has 0 aliphatic carbocycles. The SMILES string of the molecule is Cc1csc(NC(=O)CSc2n[nH]c(COc3c(C)cccc3C)n2)n1. The van der Waals surface area contributed by atoms with Crippen LogP contribution in [0.15, 0.2) is 28.7 Å². The van der Waals surface area contributed by atoms with Gasteiger partial charge in [-0.2, -0.15) is 0 Å². The fraction of sp³-hybridized carbons (Fsp3) is 0.294. The number of benzene rings is 1. The van der Waals surface area contributed by atoms with E-state index < -0.39 is 0 Å². The molecule has 7 nitrogen and oxygen atoms in total. The van der Waals surface area contributed by atoms with Gasteiger partial charge in [0, 0.05) is 5.38 Å². The number of rotatable bonds is 7. The molecule has 1 amide bonds. The first-order valence-corrected chi connectivity index (χ1v) is 9.83. The number of para-hydroxylation sites is 1. The molecule has 0 spiro atoms. The Morgan fingerprint density at radius 1 is 1.27 bits per heavy atom.